The minimum absolute atomic E-state index is 0.0249. The fourth-order valence-electron chi connectivity index (χ4n) is 1.60. The van der Waals surface area contributed by atoms with Gasteiger partial charge in [-0.3, -0.25) is 0 Å². The Bertz CT molecular complexity index is 234. The van der Waals surface area contributed by atoms with Crippen molar-refractivity contribution in [1.29, 1.82) is 0 Å². The molecule has 4 nitrogen and oxygen atoms in total. The highest BCUT2D eigenvalue weighted by molar-refractivity contribution is 5.82. The molecule has 0 aromatic heterocycles. The van der Waals surface area contributed by atoms with Gasteiger partial charge in [0.05, 0.1) is 0 Å². The van der Waals surface area contributed by atoms with Crippen LogP contribution in [0.5, 0.6) is 0 Å². The first-order chi connectivity index (χ1) is 6.58. The number of allylic oxidation sites excluding steroid dienone is 1. The minimum atomic E-state index is -0.328. The van der Waals surface area contributed by atoms with Gasteiger partial charge in [0.2, 0.25) is 0 Å². The van der Waals surface area contributed by atoms with Crippen LogP contribution in [-0.4, -0.2) is 37.1 Å². The van der Waals surface area contributed by atoms with Gasteiger partial charge >= 0.3 is 5.97 Å². The molecule has 0 aliphatic carbocycles. The lowest BCUT2D eigenvalue weighted by Crippen LogP contribution is -2.37. The van der Waals surface area contributed by atoms with Crippen molar-refractivity contribution >= 4 is 5.97 Å². The van der Waals surface area contributed by atoms with Crippen LogP contribution in [-0.2, 0) is 9.53 Å². The summed E-state index contributed by atoms with van der Waals surface area (Å²) in [6.07, 6.45) is 3.39. The molecule has 0 radical (unpaired) electrons. The van der Waals surface area contributed by atoms with Crippen molar-refractivity contribution in [3.8, 4) is 0 Å². The monoisotopic (exact) mass is 198 g/mol. The Labute approximate surface area is 84.7 Å². The fourth-order valence-corrected chi connectivity index (χ4v) is 1.60. The standard InChI is InChI=1S/C10H18N2O2/c1-8(11)6-10(13)14-9-4-3-5-12(2)7-9/h6,9H,3-5,7,11H2,1-2H3. The van der Waals surface area contributed by atoms with Gasteiger partial charge in [-0.15, -0.1) is 0 Å². The van der Waals surface area contributed by atoms with Crippen molar-refractivity contribution in [2.75, 3.05) is 20.1 Å². The lowest BCUT2D eigenvalue weighted by Gasteiger charge is -2.28. The summed E-state index contributed by atoms with van der Waals surface area (Å²) in [5.41, 5.74) is 5.86. The molecule has 80 valence electrons. The first-order valence-electron chi connectivity index (χ1n) is 4.91. The second-order valence-corrected chi connectivity index (χ2v) is 3.85. The number of esters is 1. The molecule has 0 spiro atoms. The molecule has 1 atom stereocenters. The maximum Gasteiger partial charge on any atom is 0.332 e. The molecule has 1 aliphatic heterocycles. The maximum absolute atomic E-state index is 11.2. The van der Waals surface area contributed by atoms with Gasteiger partial charge in [-0.2, -0.15) is 0 Å². The quantitative estimate of drug-likeness (QED) is 0.518. The number of nitrogens with zero attached hydrogens (tertiary/aromatic N) is 1. The Morgan fingerprint density at radius 2 is 2.36 bits per heavy atom. The highest BCUT2D eigenvalue weighted by atomic mass is 16.5. The van der Waals surface area contributed by atoms with Crippen LogP contribution >= 0.6 is 0 Å². The highest BCUT2D eigenvalue weighted by Gasteiger charge is 2.19. The van der Waals surface area contributed by atoms with E-state index in [0.717, 1.165) is 25.9 Å². The molecule has 2 N–H and O–H groups in total. The number of piperidine rings is 1. The molecular formula is C10H18N2O2. The number of hydrogen-bond donors (Lipinski definition) is 1. The van der Waals surface area contributed by atoms with E-state index in [0.29, 0.717) is 5.70 Å². The molecular weight excluding hydrogens is 180 g/mol. The van der Waals surface area contributed by atoms with E-state index in [4.69, 9.17) is 10.5 Å². The van der Waals surface area contributed by atoms with E-state index in [9.17, 15) is 4.79 Å². The molecule has 14 heavy (non-hydrogen) atoms. The van der Waals surface area contributed by atoms with Crippen molar-refractivity contribution in [3.05, 3.63) is 11.8 Å². The predicted octanol–water partition coefficient (Wildman–Crippen LogP) is 0.486. The van der Waals surface area contributed by atoms with Crippen LogP contribution < -0.4 is 5.73 Å². The van der Waals surface area contributed by atoms with Crippen molar-refractivity contribution in [3.63, 3.8) is 0 Å². The first-order valence-corrected chi connectivity index (χ1v) is 4.91. The van der Waals surface area contributed by atoms with E-state index in [-0.39, 0.29) is 12.1 Å². The van der Waals surface area contributed by atoms with Gasteiger partial charge in [-0.05, 0) is 33.4 Å². The summed E-state index contributed by atoms with van der Waals surface area (Å²) in [4.78, 5) is 13.4. The summed E-state index contributed by atoms with van der Waals surface area (Å²) in [5, 5.41) is 0. The molecule has 0 bridgehead atoms. The zero-order chi connectivity index (χ0) is 10.6. The largest absolute Gasteiger partial charge is 0.458 e. The SMILES string of the molecule is CC(N)=CC(=O)OC1CCCN(C)C1. The fraction of sp³-hybridized carbons (Fsp3) is 0.700. The van der Waals surface area contributed by atoms with Crippen LogP contribution in [0.3, 0.4) is 0 Å². The van der Waals surface area contributed by atoms with E-state index < -0.39 is 0 Å². The minimum Gasteiger partial charge on any atom is -0.458 e. The van der Waals surface area contributed by atoms with Crippen molar-refractivity contribution < 1.29 is 9.53 Å². The molecule has 1 rings (SSSR count). The molecule has 0 amide bonds. The van der Waals surface area contributed by atoms with E-state index in [1.54, 1.807) is 6.92 Å². The Hall–Kier alpha value is -1.03. The van der Waals surface area contributed by atoms with E-state index in [1.165, 1.54) is 6.08 Å². The third kappa shape index (κ3) is 3.79. The molecule has 1 fully saturated rings. The summed E-state index contributed by atoms with van der Waals surface area (Å²) in [7, 11) is 2.03. The van der Waals surface area contributed by atoms with Crippen molar-refractivity contribution in [2.24, 2.45) is 5.73 Å². The molecule has 0 aromatic carbocycles. The molecule has 0 saturated carbocycles. The van der Waals surface area contributed by atoms with Crippen molar-refractivity contribution in [2.45, 2.75) is 25.9 Å². The average molecular weight is 198 g/mol. The number of carbonyl (C=O) groups excluding carboxylic acids is 1. The number of ether oxygens (including phenoxy) is 1. The normalized spacial score (nSPS) is 24.7. The number of carbonyl (C=O) groups is 1. The zero-order valence-corrected chi connectivity index (χ0v) is 8.82. The van der Waals surface area contributed by atoms with Crippen LogP contribution in [0, 0.1) is 0 Å². The van der Waals surface area contributed by atoms with Crippen LogP contribution in [0.15, 0.2) is 11.8 Å². The van der Waals surface area contributed by atoms with E-state index >= 15 is 0 Å². The summed E-state index contributed by atoms with van der Waals surface area (Å²) >= 11 is 0. The smallest absolute Gasteiger partial charge is 0.332 e. The number of nitrogens with two attached hydrogens (primary N) is 1. The van der Waals surface area contributed by atoms with E-state index in [2.05, 4.69) is 4.90 Å². The number of hydrogen-bond acceptors (Lipinski definition) is 4. The summed E-state index contributed by atoms with van der Waals surface area (Å²) in [6.45, 7) is 3.58. The van der Waals surface area contributed by atoms with Crippen LogP contribution in [0.4, 0.5) is 0 Å². The van der Waals surface area contributed by atoms with Crippen molar-refractivity contribution in [1.82, 2.24) is 4.90 Å². The molecule has 0 aromatic rings. The average Bonchev–Trinajstić information content (AvgIpc) is 2.01. The van der Waals surface area contributed by atoms with Gasteiger partial charge in [0.1, 0.15) is 6.10 Å². The predicted molar refractivity (Wildman–Crippen MR) is 54.6 cm³/mol. The molecule has 1 heterocycles. The lowest BCUT2D eigenvalue weighted by atomic mass is 10.1. The van der Waals surface area contributed by atoms with Crippen LogP contribution in [0.1, 0.15) is 19.8 Å². The third-order valence-electron chi connectivity index (χ3n) is 2.21. The Morgan fingerprint density at radius 1 is 1.64 bits per heavy atom. The Balaban J connectivity index is 2.36. The molecule has 1 unspecified atom stereocenters. The van der Waals surface area contributed by atoms with Gasteiger partial charge in [-0.25, -0.2) is 4.79 Å². The highest BCUT2D eigenvalue weighted by Crippen LogP contribution is 2.11. The van der Waals surface area contributed by atoms with Gasteiger partial charge in [0, 0.05) is 18.3 Å². The molecule has 1 aliphatic rings. The number of rotatable bonds is 2. The first kappa shape index (κ1) is 11.0. The molecule has 1 saturated heterocycles. The Morgan fingerprint density at radius 3 is 2.93 bits per heavy atom. The summed E-state index contributed by atoms with van der Waals surface area (Å²) in [5.74, 6) is -0.328. The topological polar surface area (TPSA) is 55.6 Å². The zero-order valence-electron chi connectivity index (χ0n) is 8.82. The van der Waals surface area contributed by atoms with E-state index in [1.807, 2.05) is 7.05 Å². The summed E-state index contributed by atoms with van der Waals surface area (Å²) < 4.78 is 5.24. The third-order valence-corrected chi connectivity index (χ3v) is 2.21. The number of likely N-dealkylation sites (tertiary alicyclic amines) is 1. The second-order valence-electron chi connectivity index (χ2n) is 3.85. The van der Waals surface area contributed by atoms with Gasteiger partial charge in [-0.1, -0.05) is 0 Å². The van der Waals surface area contributed by atoms with Crippen LogP contribution in [0.25, 0.3) is 0 Å². The number of likely N-dealkylation sites (N-methyl/N-ethyl adjacent to an activating group) is 1. The van der Waals surface area contributed by atoms with Gasteiger partial charge < -0.3 is 15.4 Å². The van der Waals surface area contributed by atoms with Gasteiger partial charge in [0.25, 0.3) is 0 Å². The maximum atomic E-state index is 11.2. The molecule has 4 heteroatoms. The van der Waals surface area contributed by atoms with Gasteiger partial charge in [0.15, 0.2) is 0 Å². The summed E-state index contributed by atoms with van der Waals surface area (Å²) in [6, 6.07) is 0. The Kier molecular flexibility index (Phi) is 3.95. The van der Waals surface area contributed by atoms with Crippen LogP contribution in [0.2, 0.25) is 0 Å². The lowest BCUT2D eigenvalue weighted by molar-refractivity contribution is -0.145. The second kappa shape index (κ2) is 5.00.